The highest BCUT2D eigenvalue weighted by Crippen LogP contribution is 2.26. The van der Waals surface area contributed by atoms with Crippen LogP contribution in [0.1, 0.15) is 27.8 Å². The lowest BCUT2D eigenvalue weighted by atomic mass is 10.1. The molecule has 0 spiro atoms. The van der Waals surface area contributed by atoms with Gasteiger partial charge in [-0.1, -0.05) is 23.7 Å². The molecule has 26 heavy (non-hydrogen) atoms. The first kappa shape index (κ1) is 18.5. The normalized spacial score (nSPS) is 11.8. The average molecular weight is 435 g/mol. The second-order valence-corrected chi connectivity index (χ2v) is 6.99. The number of rotatable bonds is 5. The summed E-state index contributed by atoms with van der Waals surface area (Å²) in [6.45, 7) is 0. The third-order valence-corrected chi connectivity index (χ3v) is 4.96. The van der Waals surface area contributed by atoms with Crippen LogP contribution in [0.3, 0.4) is 0 Å². The van der Waals surface area contributed by atoms with E-state index in [4.69, 9.17) is 16.3 Å². The van der Waals surface area contributed by atoms with Crippen LogP contribution in [0.2, 0.25) is 5.02 Å². The molecule has 0 aliphatic rings. The van der Waals surface area contributed by atoms with Crippen molar-refractivity contribution in [3.63, 3.8) is 0 Å². The Hall–Kier alpha value is -2.31. The second-order valence-electron chi connectivity index (χ2n) is 5.70. The molecule has 1 amide bonds. The average Bonchev–Trinajstić information content (AvgIpc) is 3.06. The molecule has 0 aliphatic carbocycles. The van der Waals surface area contributed by atoms with Crippen molar-refractivity contribution >= 4 is 33.4 Å². The van der Waals surface area contributed by atoms with Crippen molar-refractivity contribution in [3.05, 3.63) is 81.3 Å². The number of ether oxygens (including phenoxy) is 1. The number of aryl methyl sites for hydroxylation is 1. The van der Waals surface area contributed by atoms with Crippen LogP contribution in [0.5, 0.6) is 5.75 Å². The van der Waals surface area contributed by atoms with Crippen molar-refractivity contribution < 1.29 is 9.53 Å². The fourth-order valence-corrected chi connectivity index (χ4v) is 3.17. The van der Waals surface area contributed by atoms with Gasteiger partial charge in [0.25, 0.3) is 5.91 Å². The van der Waals surface area contributed by atoms with Crippen LogP contribution in [0.15, 0.2) is 59.3 Å². The van der Waals surface area contributed by atoms with Crippen LogP contribution in [0, 0.1) is 0 Å². The molecule has 0 bridgehead atoms. The van der Waals surface area contributed by atoms with Gasteiger partial charge in [0.15, 0.2) is 0 Å². The van der Waals surface area contributed by atoms with E-state index in [1.165, 1.54) is 0 Å². The minimum absolute atomic E-state index is 0.237. The first-order chi connectivity index (χ1) is 12.5. The van der Waals surface area contributed by atoms with Crippen LogP contribution >= 0.6 is 27.5 Å². The van der Waals surface area contributed by atoms with Gasteiger partial charge < -0.3 is 14.6 Å². The summed E-state index contributed by atoms with van der Waals surface area (Å²) in [7, 11) is 3.45. The molecule has 134 valence electrons. The SMILES string of the molecule is COc1ccc(Br)c(C(=O)N[C@@H](c2ccc(Cl)cc2)c2nccn2C)c1. The molecule has 7 heteroatoms. The second kappa shape index (κ2) is 7.93. The molecule has 0 unspecified atom stereocenters. The third-order valence-electron chi connectivity index (χ3n) is 4.01. The van der Waals surface area contributed by atoms with Gasteiger partial charge in [-0.25, -0.2) is 4.98 Å². The fraction of sp³-hybridized carbons (Fsp3) is 0.158. The van der Waals surface area contributed by atoms with Crippen LogP contribution in [-0.4, -0.2) is 22.6 Å². The minimum Gasteiger partial charge on any atom is -0.497 e. The standard InChI is InChI=1S/C19H17BrClN3O2/c1-24-10-9-22-18(24)17(12-3-5-13(21)6-4-12)23-19(25)15-11-14(26-2)7-8-16(15)20/h3-11,17H,1-2H3,(H,23,25)/t17-/m0/s1. The summed E-state index contributed by atoms with van der Waals surface area (Å²) in [5.41, 5.74) is 1.37. The fourth-order valence-electron chi connectivity index (χ4n) is 2.62. The molecule has 0 saturated heterocycles. The van der Waals surface area contributed by atoms with Crippen molar-refractivity contribution in [2.45, 2.75) is 6.04 Å². The zero-order chi connectivity index (χ0) is 18.7. The van der Waals surface area contributed by atoms with E-state index < -0.39 is 6.04 Å². The number of benzene rings is 2. The maximum Gasteiger partial charge on any atom is 0.253 e. The van der Waals surface area contributed by atoms with Gasteiger partial charge in [0.2, 0.25) is 0 Å². The quantitative estimate of drug-likeness (QED) is 0.649. The molecule has 3 rings (SSSR count). The van der Waals surface area contributed by atoms with E-state index in [9.17, 15) is 4.79 Å². The van der Waals surface area contributed by atoms with Gasteiger partial charge in [0.1, 0.15) is 17.6 Å². The predicted molar refractivity (Wildman–Crippen MR) is 105 cm³/mol. The van der Waals surface area contributed by atoms with Gasteiger partial charge in [0.05, 0.1) is 12.7 Å². The van der Waals surface area contributed by atoms with Crippen LogP contribution in [-0.2, 0) is 7.05 Å². The molecule has 5 nitrogen and oxygen atoms in total. The summed E-state index contributed by atoms with van der Waals surface area (Å²) < 4.78 is 7.78. The zero-order valence-electron chi connectivity index (χ0n) is 14.2. The maximum absolute atomic E-state index is 12.9. The lowest BCUT2D eigenvalue weighted by molar-refractivity contribution is 0.0940. The van der Waals surface area contributed by atoms with E-state index in [0.29, 0.717) is 20.8 Å². The van der Waals surface area contributed by atoms with Crippen LogP contribution < -0.4 is 10.1 Å². The number of aromatic nitrogens is 2. The Morgan fingerprint density at radius 1 is 1.27 bits per heavy atom. The summed E-state index contributed by atoms with van der Waals surface area (Å²) in [6, 6.07) is 12.2. The number of nitrogens with one attached hydrogen (secondary N) is 1. The molecule has 2 aromatic carbocycles. The van der Waals surface area contributed by atoms with Gasteiger partial charge in [0, 0.05) is 28.9 Å². The van der Waals surface area contributed by atoms with Crippen molar-refractivity contribution in [1.82, 2.24) is 14.9 Å². The zero-order valence-corrected chi connectivity index (χ0v) is 16.6. The van der Waals surface area contributed by atoms with Crippen molar-refractivity contribution in [2.75, 3.05) is 7.11 Å². The van der Waals surface area contributed by atoms with E-state index in [1.54, 1.807) is 43.6 Å². The Kier molecular flexibility index (Phi) is 5.64. The van der Waals surface area contributed by atoms with Gasteiger partial charge in [-0.15, -0.1) is 0 Å². The molecule has 1 N–H and O–H groups in total. The number of carbonyl (C=O) groups is 1. The van der Waals surface area contributed by atoms with Gasteiger partial charge >= 0.3 is 0 Å². The Bertz CT molecular complexity index is 925. The number of carbonyl (C=O) groups excluding carboxylic acids is 1. The Labute approximate surface area is 165 Å². The Morgan fingerprint density at radius 2 is 2.00 bits per heavy atom. The lowest BCUT2D eigenvalue weighted by Crippen LogP contribution is -2.31. The van der Waals surface area contributed by atoms with Gasteiger partial charge in [-0.3, -0.25) is 4.79 Å². The van der Waals surface area contributed by atoms with Gasteiger partial charge in [-0.05, 0) is 51.8 Å². The van der Waals surface area contributed by atoms with E-state index >= 15 is 0 Å². The first-order valence-electron chi connectivity index (χ1n) is 7.86. The number of nitrogens with zero attached hydrogens (tertiary/aromatic N) is 2. The van der Waals surface area contributed by atoms with E-state index in [1.807, 2.05) is 29.9 Å². The van der Waals surface area contributed by atoms with E-state index in [-0.39, 0.29) is 5.91 Å². The molecule has 0 fully saturated rings. The summed E-state index contributed by atoms with van der Waals surface area (Å²) in [4.78, 5) is 17.3. The molecule has 1 atom stereocenters. The van der Waals surface area contributed by atoms with Crippen LogP contribution in [0.25, 0.3) is 0 Å². The summed E-state index contributed by atoms with van der Waals surface area (Å²) in [5, 5.41) is 3.69. The Morgan fingerprint density at radius 3 is 2.62 bits per heavy atom. The molecular weight excluding hydrogens is 418 g/mol. The third kappa shape index (κ3) is 3.92. The largest absolute Gasteiger partial charge is 0.497 e. The van der Waals surface area contributed by atoms with Crippen molar-refractivity contribution in [1.29, 1.82) is 0 Å². The van der Waals surface area contributed by atoms with Crippen molar-refractivity contribution in [3.8, 4) is 5.75 Å². The predicted octanol–water partition coefficient (Wildman–Crippen LogP) is 4.36. The number of hydrogen-bond acceptors (Lipinski definition) is 3. The molecular formula is C19H17BrClN3O2. The highest BCUT2D eigenvalue weighted by Gasteiger charge is 2.22. The highest BCUT2D eigenvalue weighted by atomic mass is 79.9. The summed E-state index contributed by atoms with van der Waals surface area (Å²) >= 11 is 9.42. The first-order valence-corrected chi connectivity index (χ1v) is 9.04. The number of amides is 1. The monoisotopic (exact) mass is 433 g/mol. The molecule has 0 saturated carbocycles. The molecule has 1 heterocycles. The maximum atomic E-state index is 12.9. The van der Waals surface area contributed by atoms with E-state index in [2.05, 4.69) is 26.2 Å². The highest BCUT2D eigenvalue weighted by molar-refractivity contribution is 9.10. The lowest BCUT2D eigenvalue weighted by Gasteiger charge is -2.20. The smallest absolute Gasteiger partial charge is 0.253 e. The molecule has 1 aromatic heterocycles. The van der Waals surface area contributed by atoms with E-state index in [0.717, 1.165) is 11.4 Å². The molecule has 0 aliphatic heterocycles. The van der Waals surface area contributed by atoms with Crippen molar-refractivity contribution in [2.24, 2.45) is 7.05 Å². The molecule has 3 aromatic rings. The minimum atomic E-state index is -0.419. The number of methoxy groups -OCH3 is 1. The van der Waals surface area contributed by atoms with Crippen LogP contribution in [0.4, 0.5) is 0 Å². The summed E-state index contributed by atoms with van der Waals surface area (Å²) in [6.07, 6.45) is 3.54. The number of halogens is 2. The van der Waals surface area contributed by atoms with Gasteiger partial charge in [-0.2, -0.15) is 0 Å². The number of imidazole rings is 1. The summed E-state index contributed by atoms with van der Waals surface area (Å²) in [5.74, 6) is 1.09. The Balaban J connectivity index is 1.97. The number of hydrogen-bond donors (Lipinski definition) is 1. The molecule has 0 radical (unpaired) electrons. The topological polar surface area (TPSA) is 56.1 Å².